The molecule has 1 aromatic carbocycles. The third-order valence-electron chi connectivity index (χ3n) is 1.70. The predicted octanol–water partition coefficient (Wildman–Crippen LogP) is 2.22. The van der Waals surface area contributed by atoms with Crippen molar-refractivity contribution in [3.05, 3.63) is 28.2 Å². The first-order valence-corrected chi connectivity index (χ1v) is 4.81. The first-order chi connectivity index (χ1) is 7.04. The number of aromatic hydroxyl groups is 1. The number of halogens is 1. The minimum atomic E-state index is -1.05. The van der Waals surface area contributed by atoms with Crippen LogP contribution in [0.4, 0.5) is 0 Å². The number of carboxylic acid groups (broad SMARTS) is 1. The van der Waals surface area contributed by atoms with E-state index in [4.69, 9.17) is 9.84 Å². The highest BCUT2D eigenvalue weighted by Crippen LogP contribution is 2.27. The molecule has 0 unspecified atom stereocenters. The summed E-state index contributed by atoms with van der Waals surface area (Å²) in [4.78, 5) is 10.5. The highest BCUT2D eigenvalue weighted by molar-refractivity contribution is 9.12. The van der Waals surface area contributed by atoms with E-state index in [0.29, 0.717) is 11.3 Å². The van der Waals surface area contributed by atoms with Gasteiger partial charge in [0.15, 0.2) is 11.5 Å². The number of methoxy groups -OCH3 is 1. The molecular weight excluding hydrogens is 264 g/mol. The summed E-state index contributed by atoms with van der Waals surface area (Å²) in [6.45, 7) is 0. The van der Waals surface area contributed by atoms with Gasteiger partial charge in [0.05, 0.1) is 7.11 Å². The Morgan fingerprint density at radius 1 is 1.53 bits per heavy atom. The maximum Gasteiger partial charge on any atom is 0.342 e. The second kappa shape index (κ2) is 4.84. The summed E-state index contributed by atoms with van der Waals surface area (Å²) in [6, 6.07) is 4.56. The molecule has 0 heterocycles. The Balaban J connectivity index is 3.07. The molecule has 0 amide bonds. The highest BCUT2D eigenvalue weighted by Gasteiger charge is 2.04. The van der Waals surface area contributed by atoms with E-state index in [2.05, 4.69) is 15.9 Å². The van der Waals surface area contributed by atoms with Crippen molar-refractivity contribution in [3.8, 4) is 11.5 Å². The van der Waals surface area contributed by atoms with Crippen molar-refractivity contribution in [1.29, 1.82) is 0 Å². The van der Waals surface area contributed by atoms with Crippen LogP contribution < -0.4 is 4.74 Å². The second-order valence-electron chi connectivity index (χ2n) is 2.73. The van der Waals surface area contributed by atoms with Gasteiger partial charge in [-0.2, -0.15) is 0 Å². The fraction of sp³-hybridized carbons (Fsp3) is 0.100. The monoisotopic (exact) mass is 272 g/mol. The summed E-state index contributed by atoms with van der Waals surface area (Å²) >= 11 is 2.90. The topological polar surface area (TPSA) is 66.8 Å². The zero-order chi connectivity index (χ0) is 11.4. The molecule has 1 rings (SSSR count). The molecule has 0 aromatic heterocycles. The lowest BCUT2D eigenvalue weighted by molar-refractivity contribution is -0.131. The number of ether oxygens (including phenoxy) is 1. The lowest BCUT2D eigenvalue weighted by Crippen LogP contribution is -1.92. The normalized spacial score (nSPS) is 11.2. The molecule has 0 fully saturated rings. The van der Waals surface area contributed by atoms with Crippen LogP contribution in [0.5, 0.6) is 11.5 Å². The van der Waals surface area contributed by atoms with Crippen LogP contribution in [0.1, 0.15) is 5.56 Å². The molecular formula is C10H9BrO4. The SMILES string of the molecule is COc1cc(/C=C(\Br)C(=O)O)ccc1O. The van der Waals surface area contributed by atoms with Crippen LogP contribution in [0.25, 0.3) is 6.08 Å². The number of phenols is 1. The van der Waals surface area contributed by atoms with Gasteiger partial charge < -0.3 is 14.9 Å². The Bertz CT molecular complexity index is 412. The molecule has 1 aromatic rings. The van der Waals surface area contributed by atoms with Gasteiger partial charge in [0.2, 0.25) is 0 Å². The van der Waals surface area contributed by atoms with Crippen molar-refractivity contribution in [2.24, 2.45) is 0 Å². The number of carbonyl (C=O) groups is 1. The van der Waals surface area contributed by atoms with E-state index in [9.17, 15) is 9.90 Å². The van der Waals surface area contributed by atoms with Crippen LogP contribution in [0.3, 0.4) is 0 Å². The van der Waals surface area contributed by atoms with E-state index >= 15 is 0 Å². The third-order valence-corrected chi connectivity index (χ3v) is 2.27. The molecule has 0 saturated heterocycles. The maximum absolute atomic E-state index is 10.5. The molecule has 5 heteroatoms. The fourth-order valence-electron chi connectivity index (χ4n) is 0.992. The first kappa shape index (κ1) is 11.6. The minimum absolute atomic E-state index is 0.0149. The summed E-state index contributed by atoms with van der Waals surface area (Å²) < 4.78 is 4.92. The molecule has 2 N–H and O–H groups in total. The molecule has 0 spiro atoms. The van der Waals surface area contributed by atoms with Crippen molar-refractivity contribution in [2.75, 3.05) is 7.11 Å². The smallest absolute Gasteiger partial charge is 0.342 e. The van der Waals surface area contributed by atoms with E-state index in [-0.39, 0.29) is 10.2 Å². The summed E-state index contributed by atoms with van der Waals surface area (Å²) in [7, 11) is 1.43. The van der Waals surface area contributed by atoms with E-state index in [1.807, 2.05) is 0 Å². The zero-order valence-electron chi connectivity index (χ0n) is 7.90. The van der Waals surface area contributed by atoms with Crippen molar-refractivity contribution in [2.45, 2.75) is 0 Å². The van der Waals surface area contributed by atoms with Crippen molar-refractivity contribution in [3.63, 3.8) is 0 Å². The Labute approximate surface area is 94.9 Å². The van der Waals surface area contributed by atoms with Crippen LogP contribution in [0, 0.1) is 0 Å². The third kappa shape index (κ3) is 2.99. The van der Waals surface area contributed by atoms with Crippen molar-refractivity contribution in [1.82, 2.24) is 0 Å². The van der Waals surface area contributed by atoms with Crippen LogP contribution in [0.2, 0.25) is 0 Å². The number of hydrogen-bond acceptors (Lipinski definition) is 3. The van der Waals surface area contributed by atoms with Crippen molar-refractivity contribution >= 4 is 28.0 Å². The molecule has 0 aliphatic heterocycles. The first-order valence-electron chi connectivity index (χ1n) is 4.02. The van der Waals surface area contributed by atoms with Gasteiger partial charge in [-0.05, 0) is 39.7 Å². The van der Waals surface area contributed by atoms with Crippen LogP contribution in [-0.2, 0) is 4.79 Å². The van der Waals surface area contributed by atoms with E-state index in [1.54, 1.807) is 12.1 Å². The molecule has 80 valence electrons. The quantitative estimate of drug-likeness (QED) is 0.829. The Morgan fingerprint density at radius 2 is 2.20 bits per heavy atom. The number of aliphatic carboxylic acids is 1. The van der Waals surface area contributed by atoms with Crippen molar-refractivity contribution < 1.29 is 19.7 Å². The number of rotatable bonds is 3. The van der Waals surface area contributed by atoms with Gasteiger partial charge in [0, 0.05) is 0 Å². The molecule has 0 aliphatic rings. The van der Waals surface area contributed by atoms with Crippen LogP contribution in [-0.4, -0.2) is 23.3 Å². The Kier molecular flexibility index (Phi) is 3.74. The van der Waals surface area contributed by atoms with Gasteiger partial charge in [-0.1, -0.05) is 6.07 Å². The molecule has 0 saturated carbocycles. The van der Waals surface area contributed by atoms with E-state index in [0.717, 1.165) is 0 Å². The molecule has 0 radical (unpaired) electrons. The predicted molar refractivity (Wildman–Crippen MR) is 59.2 cm³/mol. The van der Waals surface area contributed by atoms with E-state index in [1.165, 1.54) is 19.3 Å². The van der Waals surface area contributed by atoms with E-state index < -0.39 is 5.97 Å². The van der Waals surface area contributed by atoms with Gasteiger partial charge in [-0.15, -0.1) is 0 Å². The second-order valence-corrected chi connectivity index (χ2v) is 3.58. The summed E-state index contributed by atoms with van der Waals surface area (Å²) in [5.74, 6) is -0.738. The largest absolute Gasteiger partial charge is 0.504 e. The molecule has 15 heavy (non-hydrogen) atoms. The number of phenolic OH excluding ortho intramolecular Hbond substituents is 1. The lowest BCUT2D eigenvalue weighted by atomic mass is 10.2. The summed E-state index contributed by atoms with van der Waals surface area (Å²) in [5.41, 5.74) is 0.624. The Hall–Kier alpha value is -1.49. The number of carboxylic acids is 1. The molecule has 0 atom stereocenters. The van der Waals surface area contributed by atoms with Gasteiger partial charge in [-0.25, -0.2) is 4.79 Å². The number of hydrogen-bond donors (Lipinski definition) is 2. The molecule has 0 aliphatic carbocycles. The van der Waals surface area contributed by atoms with Gasteiger partial charge >= 0.3 is 5.97 Å². The molecule has 0 bridgehead atoms. The maximum atomic E-state index is 10.5. The standard InChI is InChI=1S/C10H9BrO4/c1-15-9-5-6(2-3-8(9)12)4-7(11)10(13)14/h2-5,12H,1H3,(H,13,14)/b7-4-. The van der Waals surface area contributed by atoms with Crippen LogP contribution >= 0.6 is 15.9 Å². The Morgan fingerprint density at radius 3 is 2.73 bits per heavy atom. The average molecular weight is 273 g/mol. The summed E-state index contributed by atoms with van der Waals surface area (Å²) in [5, 5.41) is 17.9. The average Bonchev–Trinajstić information content (AvgIpc) is 2.20. The van der Waals surface area contributed by atoms with Gasteiger partial charge in [0.25, 0.3) is 0 Å². The summed E-state index contributed by atoms with van der Waals surface area (Å²) in [6.07, 6.45) is 1.42. The van der Waals surface area contributed by atoms with Gasteiger partial charge in [0.1, 0.15) is 4.48 Å². The van der Waals surface area contributed by atoms with Crippen LogP contribution in [0.15, 0.2) is 22.7 Å². The number of benzene rings is 1. The highest BCUT2D eigenvalue weighted by atomic mass is 79.9. The zero-order valence-corrected chi connectivity index (χ0v) is 9.48. The molecule has 4 nitrogen and oxygen atoms in total. The minimum Gasteiger partial charge on any atom is -0.504 e. The fourth-order valence-corrected chi connectivity index (χ4v) is 1.26. The lowest BCUT2D eigenvalue weighted by Gasteiger charge is -2.03. The van der Waals surface area contributed by atoms with Gasteiger partial charge in [-0.3, -0.25) is 0 Å².